The molecule has 22 heavy (non-hydrogen) atoms. The first kappa shape index (κ1) is 16.5. The summed E-state index contributed by atoms with van der Waals surface area (Å²) in [5.41, 5.74) is 6.10. The number of benzene rings is 1. The first-order valence-electron chi connectivity index (χ1n) is 8.04. The molecule has 0 amide bonds. The van der Waals surface area contributed by atoms with Crippen molar-refractivity contribution in [2.24, 2.45) is 5.73 Å². The van der Waals surface area contributed by atoms with Crippen LogP contribution in [-0.2, 0) is 0 Å². The molecule has 5 N–H and O–H groups in total. The van der Waals surface area contributed by atoms with Crippen molar-refractivity contribution in [2.45, 2.75) is 25.7 Å². The van der Waals surface area contributed by atoms with Crippen LogP contribution in [0.15, 0.2) is 30.3 Å². The zero-order chi connectivity index (χ0) is 15.6. The van der Waals surface area contributed by atoms with E-state index in [4.69, 9.17) is 5.73 Å². The summed E-state index contributed by atoms with van der Waals surface area (Å²) in [6, 6.07) is 9.36. The van der Waals surface area contributed by atoms with Gasteiger partial charge in [-0.05, 0) is 63.5 Å². The molecule has 0 saturated carbocycles. The third-order valence-corrected chi connectivity index (χ3v) is 3.59. The molecule has 0 spiro atoms. The number of hydrogen-bond donors (Lipinski definition) is 4. The highest BCUT2D eigenvalue weighted by molar-refractivity contribution is 5.85. The van der Waals surface area contributed by atoms with Crippen LogP contribution in [0.3, 0.4) is 0 Å². The van der Waals surface area contributed by atoms with Crippen LogP contribution < -0.4 is 16.4 Å². The number of aromatic hydroxyl groups is 1. The van der Waals surface area contributed by atoms with E-state index in [0.29, 0.717) is 5.52 Å². The van der Waals surface area contributed by atoms with E-state index < -0.39 is 0 Å². The number of hydrogen-bond acceptors (Lipinski definition) is 5. The third-order valence-electron chi connectivity index (χ3n) is 3.59. The first-order valence-corrected chi connectivity index (χ1v) is 8.04. The highest BCUT2D eigenvalue weighted by Crippen LogP contribution is 2.23. The van der Waals surface area contributed by atoms with Crippen molar-refractivity contribution in [2.75, 3.05) is 31.5 Å². The van der Waals surface area contributed by atoms with Gasteiger partial charge >= 0.3 is 0 Å². The summed E-state index contributed by atoms with van der Waals surface area (Å²) in [4.78, 5) is 4.45. The number of rotatable bonds is 10. The van der Waals surface area contributed by atoms with Gasteiger partial charge in [0.15, 0.2) is 0 Å². The molecule has 1 aromatic heterocycles. The predicted molar refractivity (Wildman–Crippen MR) is 92.3 cm³/mol. The summed E-state index contributed by atoms with van der Waals surface area (Å²) in [5, 5.41) is 17.5. The molecule has 0 unspecified atom stereocenters. The van der Waals surface area contributed by atoms with Crippen LogP contribution in [0.25, 0.3) is 10.9 Å². The lowest BCUT2D eigenvalue weighted by molar-refractivity contribution is 0.480. The molecule has 1 heterocycles. The van der Waals surface area contributed by atoms with E-state index in [1.165, 1.54) is 0 Å². The monoisotopic (exact) mass is 302 g/mol. The summed E-state index contributed by atoms with van der Waals surface area (Å²) in [5.74, 6) is 1.03. The molecule has 0 saturated heterocycles. The number of phenolic OH excluding ortho intramolecular Hbond substituents is 1. The molecular weight excluding hydrogens is 276 g/mol. The number of para-hydroxylation sites is 1. The van der Waals surface area contributed by atoms with Crippen molar-refractivity contribution >= 4 is 16.7 Å². The van der Waals surface area contributed by atoms with E-state index in [0.717, 1.165) is 63.1 Å². The van der Waals surface area contributed by atoms with Crippen molar-refractivity contribution in [3.8, 4) is 5.75 Å². The van der Waals surface area contributed by atoms with E-state index in [1.807, 2.05) is 24.3 Å². The van der Waals surface area contributed by atoms with Gasteiger partial charge in [0.05, 0.1) is 0 Å². The SMILES string of the molecule is NCCCCNCCCCNc1ccc2cccc(O)c2n1. The molecule has 5 heteroatoms. The van der Waals surface area contributed by atoms with Crippen molar-refractivity contribution in [1.82, 2.24) is 10.3 Å². The molecule has 0 aliphatic rings. The standard InChI is InChI=1S/C17H26N4O/c18-10-1-2-11-19-12-3-4-13-20-16-9-8-14-6-5-7-15(22)17(14)21-16/h5-9,19,22H,1-4,10-13,18H2,(H,20,21). The Labute approximate surface area is 131 Å². The highest BCUT2D eigenvalue weighted by Gasteiger charge is 2.02. The van der Waals surface area contributed by atoms with Crippen LogP contribution in [0, 0.1) is 0 Å². The van der Waals surface area contributed by atoms with Gasteiger partial charge in [0.2, 0.25) is 0 Å². The summed E-state index contributed by atoms with van der Waals surface area (Å²) in [6.45, 7) is 3.75. The predicted octanol–water partition coefficient (Wildman–Crippen LogP) is 2.46. The van der Waals surface area contributed by atoms with Gasteiger partial charge in [-0.25, -0.2) is 4.98 Å². The zero-order valence-electron chi connectivity index (χ0n) is 13.0. The van der Waals surface area contributed by atoms with Crippen LogP contribution in [-0.4, -0.2) is 36.3 Å². The average Bonchev–Trinajstić information content (AvgIpc) is 2.54. The smallest absolute Gasteiger partial charge is 0.141 e. The van der Waals surface area contributed by atoms with Crippen LogP contribution in [0.4, 0.5) is 5.82 Å². The second-order valence-electron chi connectivity index (χ2n) is 5.43. The van der Waals surface area contributed by atoms with Gasteiger partial charge in [-0.1, -0.05) is 12.1 Å². The van der Waals surface area contributed by atoms with Gasteiger partial charge in [-0.15, -0.1) is 0 Å². The maximum atomic E-state index is 9.82. The molecule has 0 aliphatic carbocycles. The third kappa shape index (κ3) is 5.16. The number of nitrogens with zero attached hydrogens (tertiary/aromatic N) is 1. The van der Waals surface area contributed by atoms with Gasteiger partial charge < -0.3 is 21.5 Å². The molecule has 1 aromatic carbocycles. The van der Waals surface area contributed by atoms with E-state index in [2.05, 4.69) is 15.6 Å². The minimum absolute atomic E-state index is 0.225. The summed E-state index contributed by atoms with van der Waals surface area (Å²) < 4.78 is 0. The lowest BCUT2D eigenvalue weighted by Gasteiger charge is -2.08. The minimum Gasteiger partial charge on any atom is -0.506 e. The summed E-state index contributed by atoms with van der Waals surface area (Å²) in [6.07, 6.45) is 4.47. The maximum Gasteiger partial charge on any atom is 0.141 e. The molecule has 5 nitrogen and oxygen atoms in total. The Balaban J connectivity index is 1.66. The number of phenols is 1. The molecule has 0 radical (unpaired) electrons. The van der Waals surface area contributed by atoms with Crippen molar-refractivity contribution < 1.29 is 5.11 Å². The molecule has 0 aliphatic heterocycles. The van der Waals surface area contributed by atoms with E-state index in [1.54, 1.807) is 6.07 Å². The van der Waals surface area contributed by atoms with Gasteiger partial charge in [0, 0.05) is 11.9 Å². The quantitative estimate of drug-likeness (QED) is 0.507. The number of unbranched alkanes of at least 4 members (excludes halogenated alkanes) is 2. The Kier molecular flexibility index (Phi) is 6.93. The molecule has 0 bridgehead atoms. The van der Waals surface area contributed by atoms with Crippen molar-refractivity contribution in [3.63, 3.8) is 0 Å². The molecule has 2 rings (SSSR count). The average molecular weight is 302 g/mol. The molecule has 0 atom stereocenters. The molecule has 2 aromatic rings. The van der Waals surface area contributed by atoms with E-state index in [9.17, 15) is 5.11 Å². The topological polar surface area (TPSA) is 83.2 Å². The Morgan fingerprint density at radius 2 is 1.73 bits per heavy atom. The number of aromatic nitrogens is 1. The summed E-state index contributed by atoms with van der Waals surface area (Å²) >= 11 is 0. The van der Waals surface area contributed by atoms with Crippen molar-refractivity contribution in [3.05, 3.63) is 30.3 Å². The first-order chi connectivity index (χ1) is 10.8. The largest absolute Gasteiger partial charge is 0.506 e. The second-order valence-corrected chi connectivity index (χ2v) is 5.43. The highest BCUT2D eigenvalue weighted by atomic mass is 16.3. The minimum atomic E-state index is 0.225. The van der Waals surface area contributed by atoms with Crippen LogP contribution in [0.1, 0.15) is 25.7 Å². The Hall–Kier alpha value is -1.85. The van der Waals surface area contributed by atoms with Gasteiger partial charge in [0.25, 0.3) is 0 Å². The fourth-order valence-corrected chi connectivity index (χ4v) is 2.34. The van der Waals surface area contributed by atoms with E-state index in [-0.39, 0.29) is 5.75 Å². The van der Waals surface area contributed by atoms with Crippen LogP contribution >= 0.6 is 0 Å². The van der Waals surface area contributed by atoms with Gasteiger partial charge in [0.1, 0.15) is 17.1 Å². The Morgan fingerprint density at radius 3 is 2.55 bits per heavy atom. The Bertz CT molecular complexity index is 574. The normalized spacial score (nSPS) is 11.0. The number of pyridine rings is 1. The number of nitrogens with two attached hydrogens (primary N) is 1. The Morgan fingerprint density at radius 1 is 0.955 bits per heavy atom. The fourth-order valence-electron chi connectivity index (χ4n) is 2.34. The van der Waals surface area contributed by atoms with E-state index >= 15 is 0 Å². The van der Waals surface area contributed by atoms with Crippen LogP contribution in [0.5, 0.6) is 5.75 Å². The van der Waals surface area contributed by atoms with Gasteiger partial charge in [-0.2, -0.15) is 0 Å². The second kappa shape index (κ2) is 9.23. The summed E-state index contributed by atoms with van der Waals surface area (Å²) in [7, 11) is 0. The van der Waals surface area contributed by atoms with Crippen LogP contribution in [0.2, 0.25) is 0 Å². The lowest BCUT2D eigenvalue weighted by Crippen LogP contribution is -2.18. The maximum absolute atomic E-state index is 9.82. The number of nitrogens with one attached hydrogen (secondary N) is 2. The van der Waals surface area contributed by atoms with Gasteiger partial charge in [-0.3, -0.25) is 0 Å². The number of fused-ring (bicyclic) bond motifs is 1. The lowest BCUT2D eigenvalue weighted by atomic mass is 10.2. The van der Waals surface area contributed by atoms with Crippen molar-refractivity contribution in [1.29, 1.82) is 0 Å². The molecule has 0 fully saturated rings. The number of anilines is 1. The molecule has 120 valence electrons. The molecular formula is C17H26N4O. The zero-order valence-corrected chi connectivity index (χ0v) is 13.0. The fraction of sp³-hybridized carbons (Fsp3) is 0.471.